The van der Waals surface area contributed by atoms with Crippen LogP contribution >= 0.6 is 0 Å². The maximum atomic E-state index is 13.0. The molecule has 0 saturated carbocycles. The minimum atomic E-state index is -0.686. The SMILES string of the molecule is COCC(C)(CCO)NC(=O)c1cc(C)n(-c2ccc(F)cc2)n1. The van der Waals surface area contributed by atoms with E-state index >= 15 is 0 Å². The highest BCUT2D eigenvalue weighted by Gasteiger charge is 2.27. The van der Waals surface area contributed by atoms with Crippen LogP contribution in [-0.2, 0) is 4.74 Å². The number of rotatable bonds is 7. The summed E-state index contributed by atoms with van der Waals surface area (Å²) in [6.45, 7) is 3.82. The molecule has 2 rings (SSSR count). The lowest BCUT2D eigenvalue weighted by Crippen LogP contribution is -2.50. The molecule has 130 valence electrons. The number of halogens is 1. The Morgan fingerprint density at radius 3 is 2.67 bits per heavy atom. The predicted octanol–water partition coefficient (Wildman–Crippen LogP) is 1.84. The van der Waals surface area contributed by atoms with Crippen molar-refractivity contribution in [3.05, 3.63) is 47.5 Å². The number of nitrogens with zero attached hydrogens (tertiary/aromatic N) is 2. The van der Waals surface area contributed by atoms with Gasteiger partial charge in [0.2, 0.25) is 0 Å². The van der Waals surface area contributed by atoms with Crippen molar-refractivity contribution in [2.24, 2.45) is 0 Å². The number of aliphatic hydroxyl groups is 1. The molecule has 7 heteroatoms. The normalized spacial score (nSPS) is 13.5. The smallest absolute Gasteiger partial charge is 0.272 e. The quantitative estimate of drug-likeness (QED) is 0.809. The molecule has 6 nitrogen and oxygen atoms in total. The van der Waals surface area contributed by atoms with Gasteiger partial charge in [-0.3, -0.25) is 4.79 Å². The maximum absolute atomic E-state index is 13.0. The van der Waals surface area contributed by atoms with Crippen LogP contribution in [0.1, 0.15) is 29.5 Å². The Hall–Kier alpha value is -2.25. The highest BCUT2D eigenvalue weighted by Crippen LogP contribution is 2.15. The molecule has 0 aliphatic heterocycles. The van der Waals surface area contributed by atoms with Crippen molar-refractivity contribution < 1.29 is 19.0 Å². The summed E-state index contributed by atoms with van der Waals surface area (Å²) < 4.78 is 19.7. The fourth-order valence-corrected chi connectivity index (χ4v) is 2.50. The first-order valence-corrected chi connectivity index (χ1v) is 7.63. The molecule has 1 heterocycles. The Kier molecular flexibility index (Phi) is 5.69. The van der Waals surface area contributed by atoms with E-state index in [2.05, 4.69) is 10.4 Å². The van der Waals surface area contributed by atoms with E-state index in [1.807, 2.05) is 6.92 Å². The van der Waals surface area contributed by atoms with Gasteiger partial charge in [-0.2, -0.15) is 5.10 Å². The number of amides is 1. The molecule has 1 aromatic carbocycles. The molecule has 1 amide bonds. The van der Waals surface area contributed by atoms with E-state index in [-0.39, 0.29) is 30.6 Å². The number of hydrogen-bond acceptors (Lipinski definition) is 4. The number of benzene rings is 1. The molecule has 2 N–H and O–H groups in total. The van der Waals surface area contributed by atoms with Gasteiger partial charge < -0.3 is 15.2 Å². The van der Waals surface area contributed by atoms with Crippen LogP contribution in [0.15, 0.2) is 30.3 Å². The van der Waals surface area contributed by atoms with E-state index in [1.54, 1.807) is 29.8 Å². The number of methoxy groups -OCH3 is 1. The molecule has 0 saturated heterocycles. The second-order valence-electron chi connectivity index (χ2n) is 5.98. The highest BCUT2D eigenvalue weighted by molar-refractivity contribution is 5.93. The lowest BCUT2D eigenvalue weighted by molar-refractivity contribution is 0.0721. The van der Waals surface area contributed by atoms with Gasteiger partial charge in [-0.25, -0.2) is 9.07 Å². The van der Waals surface area contributed by atoms with Gasteiger partial charge in [-0.15, -0.1) is 0 Å². The average Bonchev–Trinajstić information content (AvgIpc) is 2.90. The molecule has 24 heavy (non-hydrogen) atoms. The number of carbonyl (C=O) groups excluding carboxylic acids is 1. The third kappa shape index (κ3) is 4.18. The summed E-state index contributed by atoms with van der Waals surface area (Å²) in [6, 6.07) is 7.53. The van der Waals surface area contributed by atoms with Gasteiger partial charge in [0.1, 0.15) is 5.82 Å². The van der Waals surface area contributed by atoms with E-state index in [4.69, 9.17) is 4.74 Å². The number of aromatic nitrogens is 2. The lowest BCUT2D eigenvalue weighted by atomic mass is 9.99. The van der Waals surface area contributed by atoms with Gasteiger partial charge in [-0.1, -0.05) is 0 Å². The summed E-state index contributed by atoms with van der Waals surface area (Å²) in [6.07, 6.45) is 0.365. The highest BCUT2D eigenvalue weighted by atomic mass is 19.1. The second kappa shape index (κ2) is 7.55. The Bertz CT molecular complexity index is 692. The standard InChI is InChI=1S/C17H22FN3O3/c1-12-10-15(16(23)19-17(2,8-9-22)11-24-3)20-21(12)14-6-4-13(18)5-7-14/h4-7,10,22H,8-9,11H2,1-3H3,(H,19,23). The van der Waals surface area contributed by atoms with Crippen LogP contribution in [0, 0.1) is 12.7 Å². The van der Waals surface area contributed by atoms with Gasteiger partial charge in [0, 0.05) is 19.4 Å². The molecule has 0 bridgehead atoms. The van der Waals surface area contributed by atoms with Crippen LogP contribution in [0.4, 0.5) is 4.39 Å². The number of nitrogens with one attached hydrogen (secondary N) is 1. The van der Waals surface area contributed by atoms with Crippen molar-refractivity contribution >= 4 is 5.91 Å². The van der Waals surface area contributed by atoms with Gasteiger partial charge in [-0.05, 0) is 50.6 Å². The molecule has 1 atom stereocenters. The summed E-state index contributed by atoms with van der Waals surface area (Å²) in [5.41, 5.74) is 0.983. The van der Waals surface area contributed by atoms with Crippen molar-refractivity contribution in [3.63, 3.8) is 0 Å². The fourth-order valence-electron chi connectivity index (χ4n) is 2.50. The molecule has 0 spiro atoms. The van der Waals surface area contributed by atoms with E-state index in [9.17, 15) is 14.3 Å². The molecule has 1 unspecified atom stereocenters. The van der Waals surface area contributed by atoms with Crippen LogP contribution in [-0.4, -0.2) is 46.7 Å². The Morgan fingerprint density at radius 2 is 2.08 bits per heavy atom. The topological polar surface area (TPSA) is 76.4 Å². The molecular weight excluding hydrogens is 313 g/mol. The zero-order chi connectivity index (χ0) is 17.7. The van der Waals surface area contributed by atoms with Crippen molar-refractivity contribution in [2.45, 2.75) is 25.8 Å². The van der Waals surface area contributed by atoms with Crippen molar-refractivity contribution in [3.8, 4) is 5.69 Å². The summed E-state index contributed by atoms with van der Waals surface area (Å²) in [7, 11) is 1.54. The van der Waals surface area contributed by atoms with Crippen molar-refractivity contribution in [2.75, 3.05) is 20.3 Å². The first kappa shape index (κ1) is 18.1. The number of aryl methyl sites for hydroxylation is 1. The third-order valence-corrected chi connectivity index (χ3v) is 3.73. The van der Waals surface area contributed by atoms with Crippen LogP contribution in [0.25, 0.3) is 5.69 Å². The summed E-state index contributed by atoms with van der Waals surface area (Å²) in [5, 5.41) is 16.3. The first-order chi connectivity index (χ1) is 11.4. The molecule has 1 aromatic heterocycles. The lowest BCUT2D eigenvalue weighted by Gasteiger charge is -2.29. The van der Waals surface area contributed by atoms with Gasteiger partial charge in [0.15, 0.2) is 5.69 Å². The first-order valence-electron chi connectivity index (χ1n) is 7.63. The van der Waals surface area contributed by atoms with E-state index in [1.165, 1.54) is 19.2 Å². The van der Waals surface area contributed by atoms with Gasteiger partial charge >= 0.3 is 0 Å². The molecule has 2 aromatic rings. The third-order valence-electron chi connectivity index (χ3n) is 3.73. The van der Waals surface area contributed by atoms with Crippen LogP contribution in [0.5, 0.6) is 0 Å². The van der Waals surface area contributed by atoms with Gasteiger partial charge in [0.25, 0.3) is 5.91 Å². The summed E-state index contributed by atoms with van der Waals surface area (Å²) >= 11 is 0. The zero-order valence-electron chi connectivity index (χ0n) is 14.0. The van der Waals surface area contributed by atoms with E-state index < -0.39 is 5.54 Å². The number of hydrogen-bond donors (Lipinski definition) is 2. The molecule has 0 aliphatic rings. The number of ether oxygens (including phenoxy) is 1. The number of carbonyl (C=O) groups is 1. The number of aliphatic hydroxyl groups excluding tert-OH is 1. The van der Waals surface area contributed by atoms with E-state index in [0.29, 0.717) is 12.1 Å². The van der Waals surface area contributed by atoms with Crippen molar-refractivity contribution in [1.82, 2.24) is 15.1 Å². The van der Waals surface area contributed by atoms with E-state index in [0.717, 1.165) is 5.69 Å². The Labute approximate surface area is 140 Å². The summed E-state index contributed by atoms with van der Waals surface area (Å²) in [5.74, 6) is -0.687. The maximum Gasteiger partial charge on any atom is 0.272 e. The Morgan fingerprint density at radius 1 is 1.42 bits per heavy atom. The molecule has 0 fully saturated rings. The monoisotopic (exact) mass is 335 g/mol. The second-order valence-corrected chi connectivity index (χ2v) is 5.98. The zero-order valence-corrected chi connectivity index (χ0v) is 14.0. The van der Waals surface area contributed by atoms with Crippen LogP contribution < -0.4 is 5.32 Å². The van der Waals surface area contributed by atoms with Crippen LogP contribution in [0.3, 0.4) is 0 Å². The minimum absolute atomic E-state index is 0.0663. The van der Waals surface area contributed by atoms with Gasteiger partial charge in [0.05, 0.1) is 17.8 Å². The molecule has 0 radical (unpaired) electrons. The molecular formula is C17H22FN3O3. The minimum Gasteiger partial charge on any atom is -0.396 e. The largest absolute Gasteiger partial charge is 0.396 e. The Balaban J connectivity index is 2.22. The summed E-state index contributed by atoms with van der Waals surface area (Å²) in [4.78, 5) is 12.5. The molecule has 0 aliphatic carbocycles. The predicted molar refractivity (Wildman–Crippen MR) is 87.7 cm³/mol. The van der Waals surface area contributed by atoms with Crippen LogP contribution in [0.2, 0.25) is 0 Å². The fraction of sp³-hybridized carbons (Fsp3) is 0.412. The van der Waals surface area contributed by atoms with Crippen molar-refractivity contribution in [1.29, 1.82) is 0 Å². The average molecular weight is 335 g/mol.